The fraction of sp³-hybridized carbons (Fsp3) is 0.231. The van der Waals surface area contributed by atoms with E-state index in [1.807, 2.05) is 0 Å². The molecule has 100 valence electrons. The number of carbonyl (C=O) groups is 1. The number of esters is 1. The summed E-state index contributed by atoms with van der Waals surface area (Å²) in [6.07, 6.45) is 0. The number of hydrogen-bond acceptors (Lipinski definition) is 4. The molecule has 2 rings (SSSR count). The molecule has 0 N–H and O–H groups in total. The van der Waals surface area contributed by atoms with Crippen molar-refractivity contribution in [1.82, 2.24) is 4.98 Å². The molecular weight excluding hydrogens is 317 g/mol. The number of rotatable bonds is 3. The second-order valence-corrected chi connectivity index (χ2v) is 4.73. The number of halogens is 2. The van der Waals surface area contributed by atoms with Crippen LogP contribution in [0.4, 0.5) is 4.39 Å². The number of aromatic nitrogens is 1. The van der Waals surface area contributed by atoms with Crippen molar-refractivity contribution < 1.29 is 18.3 Å². The van der Waals surface area contributed by atoms with Gasteiger partial charge in [-0.2, -0.15) is 0 Å². The molecule has 19 heavy (non-hydrogen) atoms. The zero-order valence-corrected chi connectivity index (χ0v) is 12.0. The van der Waals surface area contributed by atoms with Crippen LogP contribution in [-0.2, 0) is 4.74 Å². The highest BCUT2D eigenvalue weighted by molar-refractivity contribution is 9.10. The molecule has 0 amide bonds. The average Bonchev–Trinajstić information content (AvgIpc) is 2.70. The Hall–Kier alpha value is -1.69. The molecule has 0 saturated carbocycles. The van der Waals surface area contributed by atoms with Crippen LogP contribution in [0.2, 0.25) is 0 Å². The summed E-state index contributed by atoms with van der Waals surface area (Å²) in [5.74, 6) is -0.773. The number of hydrogen-bond donors (Lipinski definition) is 0. The van der Waals surface area contributed by atoms with Crippen LogP contribution in [0.25, 0.3) is 11.5 Å². The molecule has 0 radical (unpaired) electrons. The summed E-state index contributed by atoms with van der Waals surface area (Å²) in [5, 5.41) is 0. The molecule has 0 unspecified atom stereocenters. The summed E-state index contributed by atoms with van der Waals surface area (Å²) in [6, 6.07) is 4.26. The lowest BCUT2D eigenvalue weighted by atomic mass is 10.2. The second-order valence-electron chi connectivity index (χ2n) is 3.81. The van der Waals surface area contributed by atoms with Gasteiger partial charge in [-0.25, -0.2) is 14.2 Å². The van der Waals surface area contributed by atoms with Crippen molar-refractivity contribution in [2.75, 3.05) is 6.61 Å². The van der Waals surface area contributed by atoms with Crippen LogP contribution in [0.3, 0.4) is 0 Å². The Labute approximate surface area is 117 Å². The highest BCUT2D eigenvalue weighted by atomic mass is 79.9. The van der Waals surface area contributed by atoms with Gasteiger partial charge in [-0.15, -0.1) is 0 Å². The maximum absolute atomic E-state index is 13.3. The summed E-state index contributed by atoms with van der Waals surface area (Å²) in [5.41, 5.74) is 0.861. The monoisotopic (exact) mass is 327 g/mol. The molecule has 0 aliphatic carbocycles. The number of oxazole rings is 1. The van der Waals surface area contributed by atoms with Crippen molar-refractivity contribution in [3.63, 3.8) is 0 Å². The number of aryl methyl sites for hydroxylation is 1. The molecule has 1 aromatic carbocycles. The first-order valence-electron chi connectivity index (χ1n) is 5.62. The zero-order valence-electron chi connectivity index (χ0n) is 10.4. The average molecular weight is 328 g/mol. The molecule has 4 nitrogen and oxygen atoms in total. The van der Waals surface area contributed by atoms with Crippen LogP contribution in [0.5, 0.6) is 0 Å². The standard InChI is InChI=1S/C13H11BrFNO3/c1-3-18-13(17)11-7(2)16-12(19-11)8-4-9(14)6-10(15)5-8/h4-6H,3H2,1-2H3. The van der Waals surface area contributed by atoms with E-state index in [1.165, 1.54) is 12.1 Å². The van der Waals surface area contributed by atoms with Crippen LogP contribution in [0.15, 0.2) is 27.1 Å². The minimum absolute atomic E-state index is 0.0391. The van der Waals surface area contributed by atoms with Gasteiger partial charge in [-0.1, -0.05) is 15.9 Å². The van der Waals surface area contributed by atoms with E-state index in [1.54, 1.807) is 19.9 Å². The van der Waals surface area contributed by atoms with Gasteiger partial charge in [0.1, 0.15) is 5.82 Å². The first-order chi connectivity index (χ1) is 9.01. The third-order valence-corrected chi connectivity index (χ3v) is 2.82. The number of nitrogens with zero attached hydrogens (tertiary/aromatic N) is 1. The van der Waals surface area contributed by atoms with Gasteiger partial charge < -0.3 is 9.15 Å². The topological polar surface area (TPSA) is 52.3 Å². The molecule has 0 aliphatic rings. The van der Waals surface area contributed by atoms with Crippen molar-refractivity contribution in [2.24, 2.45) is 0 Å². The minimum Gasteiger partial charge on any atom is -0.460 e. The van der Waals surface area contributed by atoms with E-state index in [0.29, 0.717) is 15.7 Å². The Morgan fingerprint density at radius 2 is 2.21 bits per heavy atom. The summed E-state index contributed by atoms with van der Waals surface area (Å²) in [6.45, 7) is 3.58. The van der Waals surface area contributed by atoms with Gasteiger partial charge in [0.25, 0.3) is 0 Å². The number of benzene rings is 1. The summed E-state index contributed by atoms with van der Waals surface area (Å²) < 4.78 is 24.1. The van der Waals surface area contributed by atoms with Gasteiger partial charge >= 0.3 is 5.97 Å². The quantitative estimate of drug-likeness (QED) is 0.806. The molecule has 1 heterocycles. The van der Waals surface area contributed by atoms with Crippen molar-refractivity contribution in [3.8, 4) is 11.5 Å². The largest absolute Gasteiger partial charge is 0.460 e. The van der Waals surface area contributed by atoms with E-state index < -0.39 is 11.8 Å². The summed E-state index contributed by atoms with van der Waals surface area (Å²) in [7, 11) is 0. The lowest BCUT2D eigenvalue weighted by Crippen LogP contribution is -2.04. The Bertz CT molecular complexity index is 604. The first-order valence-corrected chi connectivity index (χ1v) is 6.41. The van der Waals surface area contributed by atoms with E-state index in [0.717, 1.165) is 0 Å². The van der Waals surface area contributed by atoms with Crippen LogP contribution in [0, 0.1) is 12.7 Å². The van der Waals surface area contributed by atoms with Gasteiger partial charge in [-0.3, -0.25) is 0 Å². The fourth-order valence-corrected chi connectivity index (χ4v) is 2.05. The normalized spacial score (nSPS) is 10.5. The maximum atomic E-state index is 13.3. The predicted molar refractivity (Wildman–Crippen MR) is 70.3 cm³/mol. The Balaban J connectivity index is 2.41. The molecule has 0 bridgehead atoms. The molecule has 2 aromatic rings. The molecule has 0 spiro atoms. The lowest BCUT2D eigenvalue weighted by molar-refractivity contribution is 0.0490. The number of ether oxygens (including phenoxy) is 1. The lowest BCUT2D eigenvalue weighted by Gasteiger charge is -1.98. The van der Waals surface area contributed by atoms with E-state index in [-0.39, 0.29) is 18.3 Å². The maximum Gasteiger partial charge on any atom is 0.376 e. The molecular formula is C13H11BrFNO3. The van der Waals surface area contributed by atoms with Gasteiger partial charge in [-0.05, 0) is 32.0 Å². The van der Waals surface area contributed by atoms with Gasteiger partial charge in [0.15, 0.2) is 0 Å². The minimum atomic E-state index is -0.575. The van der Waals surface area contributed by atoms with Crippen molar-refractivity contribution in [3.05, 3.63) is 39.9 Å². The molecule has 0 fully saturated rings. The van der Waals surface area contributed by atoms with Gasteiger partial charge in [0.05, 0.1) is 12.3 Å². The van der Waals surface area contributed by atoms with E-state index in [4.69, 9.17) is 9.15 Å². The van der Waals surface area contributed by atoms with Crippen molar-refractivity contribution >= 4 is 21.9 Å². The Kier molecular flexibility index (Phi) is 3.99. The Morgan fingerprint density at radius 1 is 1.47 bits per heavy atom. The highest BCUT2D eigenvalue weighted by Crippen LogP contribution is 2.26. The molecule has 0 saturated heterocycles. The zero-order chi connectivity index (χ0) is 14.0. The molecule has 0 atom stereocenters. The summed E-state index contributed by atoms with van der Waals surface area (Å²) >= 11 is 3.19. The third kappa shape index (κ3) is 3.01. The fourth-order valence-electron chi connectivity index (χ4n) is 1.58. The smallest absolute Gasteiger partial charge is 0.376 e. The molecule has 0 aliphatic heterocycles. The van der Waals surface area contributed by atoms with Crippen molar-refractivity contribution in [1.29, 1.82) is 0 Å². The van der Waals surface area contributed by atoms with Crippen LogP contribution in [-0.4, -0.2) is 17.6 Å². The Morgan fingerprint density at radius 3 is 2.84 bits per heavy atom. The second kappa shape index (κ2) is 5.52. The SMILES string of the molecule is CCOC(=O)c1oc(-c2cc(F)cc(Br)c2)nc1C. The van der Waals surface area contributed by atoms with Crippen molar-refractivity contribution in [2.45, 2.75) is 13.8 Å². The van der Waals surface area contributed by atoms with Gasteiger partial charge in [0.2, 0.25) is 11.7 Å². The molecule has 6 heteroatoms. The van der Waals surface area contributed by atoms with Crippen LogP contribution >= 0.6 is 15.9 Å². The third-order valence-electron chi connectivity index (χ3n) is 2.37. The van der Waals surface area contributed by atoms with Crippen LogP contribution < -0.4 is 0 Å². The number of carbonyl (C=O) groups excluding carboxylic acids is 1. The van der Waals surface area contributed by atoms with Gasteiger partial charge in [0, 0.05) is 10.0 Å². The summed E-state index contributed by atoms with van der Waals surface area (Å²) in [4.78, 5) is 15.7. The molecule has 1 aromatic heterocycles. The predicted octanol–water partition coefficient (Wildman–Crippen LogP) is 3.73. The van der Waals surface area contributed by atoms with E-state index >= 15 is 0 Å². The highest BCUT2D eigenvalue weighted by Gasteiger charge is 2.19. The van der Waals surface area contributed by atoms with E-state index in [9.17, 15) is 9.18 Å². The first kappa shape index (κ1) is 13.7. The van der Waals surface area contributed by atoms with E-state index in [2.05, 4.69) is 20.9 Å². The van der Waals surface area contributed by atoms with Crippen LogP contribution in [0.1, 0.15) is 23.2 Å².